The van der Waals surface area contributed by atoms with Crippen LogP contribution in [0.1, 0.15) is 361 Å². The van der Waals surface area contributed by atoms with Crippen LogP contribution in [0.5, 0.6) is 0 Å². The second-order valence-electron chi connectivity index (χ2n) is 22.4. The van der Waals surface area contributed by atoms with Crippen LogP contribution in [0, 0.1) is 0 Å². The molecule has 0 aliphatic carbocycles. The van der Waals surface area contributed by atoms with Gasteiger partial charge in [-0.25, -0.2) is 0 Å². The summed E-state index contributed by atoms with van der Waals surface area (Å²) < 4.78 is 16.9. The molecule has 0 spiro atoms. The third-order valence-corrected chi connectivity index (χ3v) is 14.9. The normalized spacial score (nSPS) is 12.2. The number of carbonyl (C=O) groups is 3. The molecular formula is C68H126O6. The van der Waals surface area contributed by atoms with Gasteiger partial charge in [0.05, 0.1) is 0 Å². The Balaban J connectivity index is 4.20. The van der Waals surface area contributed by atoms with Crippen molar-refractivity contribution < 1.29 is 28.6 Å². The lowest BCUT2D eigenvalue weighted by Crippen LogP contribution is -2.30. The van der Waals surface area contributed by atoms with Crippen LogP contribution in [0.3, 0.4) is 0 Å². The topological polar surface area (TPSA) is 78.9 Å². The maximum absolute atomic E-state index is 12.9. The Morgan fingerprint density at radius 1 is 0.270 bits per heavy atom. The van der Waals surface area contributed by atoms with Crippen molar-refractivity contribution in [1.82, 2.24) is 0 Å². The van der Waals surface area contributed by atoms with E-state index in [2.05, 4.69) is 57.2 Å². The van der Waals surface area contributed by atoms with E-state index in [0.717, 1.165) is 77.0 Å². The van der Waals surface area contributed by atoms with Crippen molar-refractivity contribution in [2.75, 3.05) is 13.2 Å². The monoisotopic (exact) mass is 1040 g/mol. The zero-order valence-electron chi connectivity index (χ0n) is 49.9. The van der Waals surface area contributed by atoms with Gasteiger partial charge in [-0.1, -0.05) is 308 Å². The zero-order chi connectivity index (χ0) is 53.6. The third-order valence-electron chi connectivity index (χ3n) is 14.9. The van der Waals surface area contributed by atoms with E-state index in [4.69, 9.17) is 14.2 Å². The second-order valence-corrected chi connectivity index (χ2v) is 22.4. The number of ether oxygens (including phenoxy) is 3. The summed E-state index contributed by atoms with van der Waals surface area (Å²) in [6, 6.07) is 0. The van der Waals surface area contributed by atoms with Gasteiger partial charge in [0.1, 0.15) is 13.2 Å². The molecule has 0 saturated heterocycles. The van der Waals surface area contributed by atoms with Gasteiger partial charge in [0.25, 0.3) is 0 Å². The minimum absolute atomic E-state index is 0.0718. The summed E-state index contributed by atoms with van der Waals surface area (Å²) in [5.41, 5.74) is 0. The van der Waals surface area contributed by atoms with Crippen molar-refractivity contribution in [1.29, 1.82) is 0 Å². The van der Waals surface area contributed by atoms with E-state index in [1.54, 1.807) is 0 Å². The fourth-order valence-electron chi connectivity index (χ4n) is 9.87. The number of hydrogen-bond acceptors (Lipinski definition) is 6. The fourth-order valence-corrected chi connectivity index (χ4v) is 9.87. The molecule has 0 fully saturated rings. The van der Waals surface area contributed by atoms with Gasteiger partial charge < -0.3 is 14.2 Å². The first-order chi connectivity index (χ1) is 36.5. The number of hydrogen-bond donors (Lipinski definition) is 0. The van der Waals surface area contributed by atoms with Crippen molar-refractivity contribution in [3.63, 3.8) is 0 Å². The second kappa shape index (κ2) is 63.2. The molecule has 0 radical (unpaired) electrons. The summed E-state index contributed by atoms with van der Waals surface area (Å²) in [5.74, 6) is -0.862. The predicted octanol–water partition coefficient (Wildman–Crippen LogP) is 22.4. The van der Waals surface area contributed by atoms with Crippen molar-refractivity contribution in [2.45, 2.75) is 367 Å². The molecule has 0 aromatic heterocycles. The Kier molecular flexibility index (Phi) is 61.1. The molecule has 0 N–H and O–H groups in total. The molecule has 74 heavy (non-hydrogen) atoms. The number of carbonyl (C=O) groups excluding carboxylic acids is 3. The molecule has 0 rings (SSSR count). The molecule has 0 aromatic carbocycles. The predicted molar refractivity (Wildman–Crippen MR) is 321 cm³/mol. The largest absolute Gasteiger partial charge is 0.462 e. The van der Waals surface area contributed by atoms with Crippen LogP contribution < -0.4 is 0 Å². The van der Waals surface area contributed by atoms with Crippen molar-refractivity contribution in [3.05, 3.63) is 36.5 Å². The molecule has 1 unspecified atom stereocenters. The molecule has 6 heteroatoms. The maximum atomic E-state index is 12.9. The molecule has 6 nitrogen and oxygen atoms in total. The van der Waals surface area contributed by atoms with E-state index in [1.807, 2.05) is 0 Å². The average Bonchev–Trinajstić information content (AvgIpc) is 3.40. The highest BCUT2D eigenvalue weighted by atomic mass is 16.6. The van der Waals surface area contributed by atoms with Crippen LogP contribution in [0.2, 0.25) is 0 Å². The first kappa shape index (κ1) is 71.6. The minimum atomic E-state index is -0.775. The van der Waals surface area contributed by atoms with Gasteiger partial charge in [-0.05, 0) is 70.6 Å². The van der Waals surface area contributed by atoms with Crippen LogP contribution in [-0.2, 0) is 28.6 Å². The number of allylic oxidation sites excluding steroid dienone is 6. The summed E-state index contributed by atoms with van der Waals surface area (Å²) in [6.45, 7) is 6.65. The lowest BCUT2D eigenvalue weighted by molar-refractivity contribution is -0.167. The Morgan fingerprint density at radius 3 is 0.797 bits per heavy atom. The number of unbranched alkanes of at least 4 members (excludes halogenated alkanes) is 44. The SMILES string of the molecule is CCCC/C=C\C/C=C\CCCCCCCC(=O)OCC(COC(=O)CCCCCCCCCCCCCCCCC/C=C\CCCCCCCCCC)OC(=O)CCCCCCCCCCCCCCCCC. The fraction of sp³-hybridized carbons (Fsp3) is 0.868. The van der Waals surface area contributed by atoms with Crippen LogP contribution in [0.15, 0.2) is 36.5 Å². The van der Waals surface area contributed by atoms with Crippen LogP contribution in [0.25, 0.3) is 0 Å². The molecule has 0 aromatic rings. The summed E-state index contributed by atoms with van der Waals surface area (Å²) in [5, 5.41) is 0. The van der Waals surface area contributed by atoms with Gasteiger partial charge in [0, 0.05) is 19.3 Å². The van der Waals surface area contributed by atoms with Crippen molar-refractivity contribution in [2.24, 2.45) is 0 Å². The van der Waals surface area contributed by atoms with Gasteiger partial charge in [0.2, 0.25) is 0 Å². The smallest absolute Gasteiger partial charge is 0.306 e. The van der Waals surface area contributed by atoms with Gasteiger partial charge in [-0.15, -0.1) is 0 Å². The molecule has 1 atom stereocenters. The molecule has 434 valence electrons. The van der Waals surface area contributed by atoms with E-state index < -0.39 is 6.10 Å². The molecular weight excluding hydrogens is 913 g/mol. The highest BCUT2D eigenvalue weighted by Crippen LogP contribution is 2.18. The minimum Gasteiger partial charge on any atom is -0.462 e. The molecule has 0 aliphatic rings. The van der Waals surface area contributed by atoms with E-state index in [-0.39, 0.29) is 31.1 Å². The van der Waals surface area contributed by atoms with Crippen LogP contribution in [-0.4, -0.2) is 37.2 Å². The molecule has 0 bridgehead atoms. The highest BCUT2D eigenvalue weighted by Gasteiger charge is 2.19. The number of rotatable bonds is 61. The van der Waals surface area contributed by atoms with E-state index in [9.17, 15) is 14.4 Å². The lowest BCUT2D eigenvalue weighted by Gasteiger charge is -2.18. The Bertz CT molecular complexity index is 1240. The van der Waals surface area contributed by atoms with Gasteiger partial charge in [-0.2, -0.15) is 0 Å². The van der Waals surface area contributed by atoms with Gasteiger partial charge in [0.15, 0.2) is 6.10 Å². The molecule has 0 amide bonds. The third kappa shape index (κ3) is 60.5. The van der Waals surface area contributed by atoms with Crippen LogP contribution in [0.4, 0.5) is 0 Å². The quantitative estimate of drug-likeness (QED) is 0.0261. The lowest BCUT2D eigenvalue weighted by atomic mass is 10.0. The maximum Gasteiger partial charge on any atom is 0.306 e. The van der Waals surface area contributed by atoms with E-state index in [1.165, 1.54) is 244 Å². The molecule has 0 heterocycles. The standard InChI is InChI=1S/C68H126O6/c1-4-7-10-13-16-19-22-25-28-29-30-31-32-33-34-35-36-37-38-39-41-43-46-49-52-55-58-61-67(70)73-64-65(63-72-66(69)60-57-54-51-48-45-42-27-24-21-18-15-12-9-6-3)74-68(71)62-59-56-53-50-47-44-40-26-23-20-17-14-11-8-5-2/h15,18,24,27,29-30,65H,4-14,16-17,19-23,25-26,28,31-64H2,1-3H3/b18-15-,27-24-,30-29-. The van der Waals surface area contributed by atoms with Gasteiger partial charge in [-0.3, -0.25) is 14.4 Å². The van der Waals surface area contributed by atoms with Gasteiger partial charge >= 0.3 is 17.9 Å². The van der Waals surface area contributed by atoms with Crippen molar-refractivity contribution >= 4 is 17.9 Å². The Morgan fingerprint density at radius 2 is 0.500 bits per heavy atom. The first-order valence-corrected chi connectivity index (χ1v) is 33.0. The van der Waals surface area contributed by atoms with E-state index >= 15 is 0 Å². The number of esters is 3. The molecule has 0 aliphatic heterocycles. The van der Waals surface area contributed by atoms with Crippen LogP contribution >= 0.6 is 0 Å². The highest BCUT2D eigenvalue weighted by molar-refractivity contribution is 5.71. The summed E-state index contributed by atoms with van der Waals surface area (Å²) >= 11 is 0. The summed E-state index contributed by atoms with van der Waals surface area (Å²) in [4.78, 5) is 38.3. The first-order valence-electron chi connectivity index (χ1n) is 33.0. The zero-order valence-corrected chi connectivity index (χ0v) is 49.9. The molecule has 0 saturated carbocycles. The Labute approximate surface area is 461 Å². The average molecular weight is 1040 g/mol. The van der Waals surface area contributed by atoms with Crippen molar-refractivity contribution in [3.8, 4) is 0 Å². The summed E-state index contributed by atoms with van der Waals surface area (Å²) in [6.07, 6.45) is 77.3. The van der Waals surface area contributed by atoms with E-state index in [0.29, 0.717) is 19.3 Å². The summed E-state index contributed by atoms with van der Waals surface area (Å²) in [7, 11) is 0. The Hall–Kier alpha value is -2.37.